The Balaban J connectivity index is 1.73. The number of fused-ring (bicyclic) bond motifs is 1. The van der Waals surface area contributed by atoms with E-state index in [1.165, 1.54) is 11.1 Å². The van der Waals surface area contributed by atoms with Gasteiger partial charge in [-0.2, -0.15) is 0 Å². The van der Waals surface area contributed by atoms with E-state index in [0.29, 0.717) is 0 Å². The third-order valence-corrected chi connectivity index (χ3v) is 4.04. The molecule has 0 bridgehead atoms. The SMILES string of the molecule is COc1ccc(C)cc1CC(N)C1Cc2ccccc2O1. The predicted molar refractivity (Wildman–Crippen MR) is 84.0 cm³/mol. The average Bonchev–Trinajstić information content (AvgIpc) is 2.91. The van der Waals surface area contributed by atoms with E-state index in [2.05, 4.69) is 25.1 Å². The van der Waals surface area contributed by atoms with Crippen molar-refractivity contribution in [3.63, 3.8) is 0 Å². The average molecular weight is 283 g/mol. The van der Waals surface area contributed by atoms with Crippen molar-refractivity contribution in [3.8, 4) is 11.5 Å². The van der Waals surface area contributed by atoms with Gasteiger partial charge in [-0.05, 0) is 36.6 Å². The van der Waals surface area contributed by atoms with Crippen LogP contribution in [0.5, 0.6) is 11.5 Å². The van der Waals surface area contributed by atoms with Gasteiger partial charge in [0.15, 0.2) is 0 Å². The number of benzene rings is 2. The molecule has 21 heavy (non-hydrogen) atoms. The smallest absolute Gasteiger partial charge is 0.123 e. The molecule has 0 saturated heterocycles. The van der Waals surface area contributed by atoms with Crippen molar-refractivity contribution < 1.29 is 9.47 Å². The molecule has 3 rings (SSSR count). The Morgan fingerprint density at radius 1 is 1.29 bits per heavy atom. The van der Waals surface area contributed by atoms with Gasteiger partial charge in [0.25, 0.3) is 0 Å². The lowest BCUT2D eigenvalue weighted by Gasteiger charge is -2.20. The number of rotatable bonds is 4. The zero-order valence-corrected chi connectivity index (χ0v) is 12.5. The molecule has 3 heteroatoms. The minimum absolute atomic E-state index is 0.0348. The number of para-hydroxylation sites is 1. The Morgan fingerprint density at radius 2 is 2.10 bits per heavy atom. The van der Waals surface area contributed by atoms with E-state index in [4.69, 9.17) is 15.2 Å². The van der Waals surface area contributed by atoms with Gasteiger partial charge in [0.05, 0.1) is 7.11 Å². The number of hydrogen-bond donors (Lipinski definition) is 1. The molecule has 0 amide bonds. The van der Waals surface area contributed by atoms with Gasteiger partial charge >= 0.3 is 0 Å². The molecule has 110 valence electrons. The van der Waals surface area contributed by atoms with Crippen LogP contribution in [0.15, 0.2) is 42.5 Å². The molecule has 3 nitrogen and oxygen atoms in total. The first-order valence-electron chi connectivity index (χ1n) is 7.31. The van der Waals surface area contributed by atoms with Crippen molar-refractivity contribution in [2.75, 3.05) is 7.11 Å². The molecule has 0 aliphatic carbocycles. The van der Waals surface area contributed by atoms with E-state index in [9.17, 15) is 0 Å². The summed E-state index contributed by atoms with van der Waals surface area (Å²) in [5.74, 6) is 1.86. The molecule has 0 radical (unpaired) electrons. The van der Waals surface area contributed by atoms with E-state index in [1.54, 1.807) is 7.11 Å². The molecule has 2 N–H and O–H groups in total. The van der Waals surface area contributed by atoms with Crippen molar-refractivity contribution in [2.24, 2.45) is 5.73 Å². The molecular weight excluding hydrogens is 262 g/mol. The van der Waals surface area contributed by atoms with Crippen molar-refractivity contribution in [1.82, 2.24) is 0 Å². The molecule has 2 aromatic carbocycles. The van der Waals surface area contributed by atoms with Gasteiger partial charge in [-0.15, -0.1) is 0 Å². The first-order valence-corrected chi connectivity index (χ1v) is 7.31. The molecule has 0 spiro atoms. The van der Waals surface area contributed by atoms with Crippen LogP contribution >= 0.6 is 0 Å². The van der Waals surface area contributed by atoms with Gasteiger partial charge in [-0.1, -0.05) is 35.9 Å². The standard InChI is InChI=1S/C18H21NO2/c1-12-7-8-16(20-2)14(9-12)10-15(19)18-11-13-5-3-4-6-17(13)21-18/h3-9,15,18H,10-11,19H2,1-2H3. The molecule has 2 aromatic rings. The number of ether oxygens (including phenoxy) is 2. The molecule has 0 aromatic heterocycles. The van der Waals surface area contributed by atoms with Crippen molar-refractivity contribution in [2.45, 2.75) is 31.9 Å². The summed E-state index contributed by atoms with van der Waals surface area (Å²) >= 11 is 0. The second-order valence-corrected chi connectivity index (χ2v) is 5.65. The minimum Gasteiger partial charge on any atom is -0.496 e. The highest BCUT2D eigenvalue weighted by atomic mass is 16.5. The Hall–Kier alpha value is -2.00. The summed E-state index contributed by atoms with van der Waals surface area (Å²) in [6.45, 7) is 2.08. The highest BCUT2D eigenvalue weighted by molar-refractivity contribution is 5.40. The first-order chi connectivity index (χ1) is 10.2. The Labute approximate surface area is 125 Å². The molecule has 0 saturated carbocycles. The largest absolute Gasteiger partial charge is 0.496 e. The van der Waals surface area contributed by atoms with Gasteiger partial charge in [0.2, 0.25) is 0 Å². The zero-order valence-electron chi connectivity index (χ0n) is 12.5. The molecule has 1 heterocycles. The number of nitrogens with two attached hydrogens (primary N) is 1. The van der Waals surface area contributed by atoms with Gasteiger partial charge in [0, 0.05) is 12.5 Å². The van der Waals surface area contributed by atoms with Gasteiger partial charge < -0.3 is 15.2 Å². The van der Waals surface area contributed by atoms with Gasteiger partial charge in [0.1, 0.15) is 17.6 Å². The fourth-order valence-electron chi connectivity index (χ4n) is 2.90. The predicted octanol–water partition coefficient (Wildman–Crippen LogP) is 2.88. The molecule has 2 atom stereocenters. The Morgan fingerprint density at radius 3 is 2.86 bits per heavy atom. The topological polar surface area (TPSA) is 44.5 Å². The molecule has 1 aliphatic heterocycles. The number of hydrogen-bond acceptors (Lipinski definition) is 3. The van der Waals surface area contributed by atoms with Crippen LogP contribution < -0.4 is 15.2 Å². The summed E-state index contributed by atoms with van der Waals surface area (Å²) in [5.41, 5.74) is 9.99. The summed E-state index contributed by atoms with van der Waals surface area (Å²) in [6.07, 6.45) is 1.67. The maximum Gasteiger partial charge on any atom is 0.123 e. The summed E-state index contributed by atoms with van der Waals surface area (Å²) in [4.78, 5) is 0. The van der Waals surface area contributed by atoms with Crippen LogP contribution in [0.4, 0.5) is 0 Å². The van der Waals surface area contributed by atoms with Crippen LogP contribution in [0.2, 0.25) is 0 Å². The van der Waals surface area contributed by atoms with Crippen LogP contribution in [-0.4, -0.2) is 19.3 Å². The van der Waals surface area contributed by atoms with E-state index in [-0.39, 0.29) is 12.1 Å². The van der Waals surface area contributed by atoms with Crippen LogP contribution in [0, 0.1) is 6.92 Å². The lowest BCUT2D eigenvalue weighted by Crippen LogP contribution is -2.39. The van der Waals surface area contributed by atoms with E-state index in [0.717, 1.165) is 29.9 Å². The number of methoxy groups -OCH3 is 1. The second-order valence-electron chi connectivity index (χ2n) is 5.65. The number of aryl methyl sites for hydroxylation is 1. The second kappa shape index (κ2) is 5.78. The highest BCUT2D eigenvalue weighted by Crippen LogP contribution is 2.30. The van der Waals surface area contributed by atoms with Gasteiger partial charge in [-0.3, -0.25) is 0 Å². The third-order valence-electron chi connectivity index (χ3n) is 4.04. The first kappa shape index (κ1) is 14.0. The molecular formula is C18H21NO2. The van der Waals surface area contributed by atoms with Crippen LogP contribution in [0.1, 0.15) is 16.7 Å². The molecule has 2 unspecified atom stereocenters. The monoisotopic (exact) mass is 283 g/mol. The Bertz CT molecular complexity index is 614. The minimum atomic E-state index is -0.0481. The highest BCUT2D eigenvalue weighted by Gasteiger charge is 2.28. The van der Waals surface area contributed by atoms with Crippen LogP contribution in [0.3, 0.4) is 0 Å². The lowest BCUT2D eigenvalue weighted by atomic mass is 9.97. The fourth-order valence-corrected chi connectivity index (χ4v) is 2.90. The van der Waals surface area contributed by atoms with E-state index < -0.39 is 0 Å². The molecule has 0 fully saturated rings. The fraction of sp³-hybridized carbons (Fsp3) is 0.333. The summed E-state index contributed by atoms with van der Waals surface area (Å²) in [6, 6.07) is 14.3. The normalized spacial score (nSPS) is 18.0. The Kier molecular flexibility index (Phi) is 3.84. The lowest BCUT2D eigenvalue weighted by molar-refractivity contribution is 0.197. The molecule has 1 aliphatic rings. The summed E-state index contributed by atoms with van der Waals surface area (Å²) in [5, 5.41) is 0. The van der Waals surface area contributed by atoms with Crippen LogP contribution in [0.25, 0.3) is 0 Å². The zero-order chi connectivity index (χ0) is 14.8. The van der Waals surface area contributed by atoms with Crippen molar-refractivity contribution >= 4 is 0 Å². The van der Waals surface area contributed by atoms with Crippen molar-refractivity contribution in [1.29, 1.82) is 0 Å². The van der Waals surface area contributed by atoms with E-state index in [1.807, 2.05) is 24.3 Å². The maximum absolute atomic E-state index is 6.38. The third kappa shape index (κ3) is 2.88. The summed E-state index contributed by atoms with van der Waals surface area (Å²) < 4.78 is 11.4. The van der Waals surface area contributed by atoms with Crippen LogP contribution in [-0.2, 0) is 12.8 Å². The quantitative estimate of drug-likeness (QED) is 0.938. The van der Waals surface area contributed by atoms with Crippen molar-refractivity contribution in [3.05, 3.63) is 59.2 Å². The summed E-state index contributed by atoms with van der Waals surface area (Å²) in [7, 11) is 1.70. The van der Waals surface area contributed by atoms with Gasteiger partial charge in [-0.25, -0.2) is 0 Å². The maximum atomic E-state index is 6.38. The van der Waals surface area contributed by atoms with E-state index >= 15 is 0 Å².